The predicted molar refractivity (Wildman–Crippen MR) is 65.7 cm³/mol. The van der Waals surface area contributed by atoms with Gasteiger partial charge in [-0.15, -0.1) is 0 Å². The molecule has 1 N–H and O–H groups in total. The lowest BCUT2D eigenvalue weighted by atomic mass is 9.57. The summed E-state index contributed by atoms with van der Waals surface area (Å²) in [6.45, 7) is 2.11. The van der Waals surface area contributed by atoms with E-state index < -0.39 is 11.9 Å². The van der Waals surface area contributed by atoms with E-state index in [1.165, 1.54) is 12.3 Å². The number of hydrogen-bond acceptors (Lipinski definition) is 3. The second kappa shape index (κ2) is 4.45. The minimum absolute atomic E-state index is 0.380. The third-order valence-electron chi connectivity index (χ3n) is 4.30. The van der Waals surface area contributed by atoms with Gasteiger partial charge in [-0.05, 0) is 42.2 Å². The average Bonchev–Trinajstić information content (AvgIpc) is 2.29. The first-order valence-corrected chi connectivity index (χ1v) is 6.59. The Morgan fingerprint density at radius 1 is 1.40 bits per heavy atom. The first-order valence-electron chi connectivity index (χ1n) is 6.59. The van der Waals surface area contributed by atoms with Crippen molar-refractivity contribution in [3.8, 4) is 6.07 Å². The Bertz CT molecular complexity index is 562. The molecule has 1 spiro atoms. The van der Waals surface area contributed by atoms with Crippen LogP contribution in [0.4, 0.5) is 13.2 Å². The molecule has 3 rings (SSSR count). The van der Waals surface area contributed by atoms with Gasteiger partial charge in [0, 0.05) is 19.3 Å². The fourth-order valence-corrected chi connectivity index (χ4v) is 3.34. The summed E-state index contributed by atoms with van der Waals surface area (Å²) in [7, 11) is 0. The molecule has 1 saturated heterocycles. The minimum Gasteiger partial charge on any atom is -0.316 e. The molecule has 0 atom stereocenters. The quantitative estimate of drug-likeness (QED) is 0.906. The molecule has 106 valence electrons. The van der Waals surface area contributed by atoms with E-state index in [-0.39, 0.29) is 5.56 Å². The minimum atomic E-state index is -4.57. The number of halogens is 3. The van der Waals surface area contributed by atoms with Gasteiger partial charge in [0.2, 0.25) is 0 Å². The molecule has 2 fully saturated rings. The van der Waals surface area contributed by atoms with Gasteiger partial charge in [-0.25, -0.2) is 0 Å². The molecule has 1 aromatic heterocycles. The van der Waals surface area contributed by atoms with Crippen molar-refractivity contribution in [3.05, 3.63) is 29.1 Å². The number of alkyl halides is 3. The van der Waals surface area contributed by atoms with Crippen LogP contribution in [0, 0.1) is 22.7 Å². The van der Waals surface area contributed by atoms with Crippen LogP contribution >= 0.6 is 0 Å². The van der Waals surface area contributed by atoms with Gasteiger partial charge in [-0.3, -0.25) is 4.98 Å². The summed E-state index contributed by atoms with van der Waals surface area (Å²) in [6.07, 6.45) is -0.372. The average molecular weight is 281 g/mol. The molecule has 1 saturated carbocycles. The normalized spacial score (nSPS) is 21.1. The maximum Gasteiger partial charge on any atom is 0.434 e. The van der Waals surface area contributed by atoms with Gasteiger partial charge >= 0.3 is 6.18 Å². The van der Waals surface area contributed by atoms with Crippen LogP contribution in [-0.2, 0) is 12.6 Å². The molecule has 0 radical (unpaired) electrons. The molecular weight excluding hydrogens is 267 g/mol. The molecule has 2 aliphatic rings. The van der Waals surface area contributed by atoms with Crippen molar-refractivity contribution in [2.45, 2.75) is 25.4 Å². The molecule has 0 amide bonds. The van der Waals surface area contributed by atoms with Crippen molar-refractivity contribution in [2.24, 2.45) is 11.3 Å². The number of nitriles is 1. The van der Waals surface area contributed by atoms with Gasteiger partial charge in [-0.2, -0.15) is 18.4 Å². The zero-order valence-electron chi connectivity index (χ0n) is 10.8. The number of rotatable bonds is 2. The maximum atomic E-state index is 12.6. The van der Waals surface area contributed by atoms with Crippen LogP contribution in [0.2, 0.25) is 0 Å². The number of nitrogens with one attached hydrogen (secondary N) is 1. The Morgan fingerprint density at radius 3 is 2.60 bits per heavy atom. The van der Waals surface area contributed by atoms with Crippen LogP contribution in [0.5, 0.6) is 0 Å². The van der Waals surface area contributed by atoms with E-state index in [0.29, 0.717) is 17.8 Å². The summed E-state index contributed by atoms with van der Waals surface area (Å²) in [5.41, 5.74) is -0.296. The predicted octanol–water partition coefficient (Wildman–Crippen LogP) is 2.51. The van der Waals surface area contributed by atoms with Crippen molar-refractivity contribution in [1.82, 2.24) is 10.3 Å². The largest absolute Gasteiger partial charge is 0.434 e. The van der Waals surface area contributed by atoms with E-state index in [4.69, 9.17) is 5.26 Å². The van der Waals surface area contributed by atoms with Gasteiger partial charge in [0.25, 0.3) is 0 Å². The summed E-state index contributed by atoms with van der Waals surface area (Å²) in [4.78, 5) is 3.44. The standard InChI is InChI=1S/C14H14F3N3/c15-14(16,17)12-11(5-18)2-9(6-20-12)1-10-3-13(4-10)7-19-8-13/h2,6,10,19H,1,3-4,7-8H2. The third-order valence-corrected chi connectivity index (χ3v) is 4.30. The first-order chi connectivity index (χ1) is 9.42. The molecule has 20 heavy (non-hydrogen) atoms. The Labute approximate surface area is 114 Å². The monoisotopic (exact) mass is 281 g/mol. The lowest BCUT2D eigenvalue weighted by molar-refractivity contribution is -0.141. The van der Waals surface area contributed by atoms with Crippen molar-refractivity contribution in [2.75, 3.05) is 13.1 Å². The lowest BCUT2D eigenvalue weighted by Gasteiger charge is -2.54. The van der Waals surface area contributed by atoms with E-state index in [2.05, 4.69) is 10.3 Å². The van der Waals surface area contributed by atoms with Crippen molar-refractivity contribution in [3.63, 3.8) is 0 Å². The van der Waals surface area contributed by atoms with E-state index in [1.807, 2.05) is 0 Å². The van der Waals surface area contributed by atoms with Gasteiger partial charge in [-0.1, -0.05) is 0 Å². The summed E-state index contributed by atoms with van der Waals surface area (Å²) in [6, 6.07) is 2.93. The van der Waals surface area contributed by atoms with Crippen LogP contribution in [0.15, 0.2) is 12.3 Å². The van der Waals surface area contributed by atoms with Crippen molar-refractivity contribution in [1.29, 1.82) is 5.26 Å². The SMILES string of the molecule is N#Cc1cc(CC2CC3(CNC3)C2)cnc1C(F)(F)F. The number of nitrogens with zero attached hydrogens (tertiary/aromatic N) is 2. The maximum absolute atomic E-state index is 12.6. The molecule has 2 heterocycles. The topological polar surface area (TPSA) is 48.7 Å². The Morgan fingerprint density at radius 2 is 2.10 bits per heavy atom. The lowest BCUT2D eigenvalue weighted by Crippen LogP contribution is -2.60. The van der Waals surface area contributed by atoms with E-state index >= 15 is 0 Å². The second-order valence-electron chi connectivity index (χ2n) is 5.93. The number of hydrogen-bond donors (Lipinski definition) is 1. The Balaban J connectivity index is 1.71. The number of pyridine rings is 1. The highest BCUT2D eigenvalue weighted by molar-refractivity contribution is 5.37. The van der Waals surface area contributed by atoms with Crippen LogP contribution in [-0.4, -0.2) is 18.1 Å². The molecule has 0 aromatic carbocycles. The van der Waals surface area contributed by atoms with Crippen LogP contribution in [0.25, 0.3) is 0 Å². The molecule has 1 aliphatic heterocycles. The summed E-state index contributed by atoms with van der Waals surface area (Å²) >= 11 is 0. The summed E-state index contributed by atoms with van der Waals surface area (Å²) in [5.74, 6) is 0.502. The first kappa shape index (κ1) is 13.4. The highest BCUT2D eigenvalue weighted by Crippen LogP contribution is 2.49. The second-order valence-corrected chi connectivity index (χ2v) is 5.93. The number of aromatic nitrogens is 1. The van der Waals surface area contributed by atoms with E-state index in [0.717, 1.165) is 31.5 Å². The molecule has 0 bridgehead atoms. The van der Waals surface area contributed by atoms with Gasteiger partial charge in [0.05, 0.1) is 5.56 Å². The smallest absolute Gasteiger partial charge is 0.316 e. The zero-order valence-corrected chi connectivity index (χ0v) is 10.8. The van der Waals surface area contributed by atoms with Crippen LogP contribution in [0.3, 0.4) is 0 Å². The fourth-order valence-electron chi connectivity index (χ4n) is 3.34. The molecule has 0 unspecified atom stereocenters. The Kier molecular flexibility index (Phi) is 2.98. The molecular formula is C14H14F3N3. The van der Waals surface area contributed by atoms with Crippen LogP contribution in [0.1, 0.15) is 29.7 Å². The van der Waals surface area contributed by atoms with Gasteiger partial charge in [0.1, 0.15) is 6.07 Å². The van der Waals surface area contributed by atoms with Crippen molar-refractivity contribution >= 4 is 0 Å². The van der Waals surface area contributed by atoms with E-state index in [9.17, 15) is 13.2 Å². The third kappa shape index (κ3) is 2.27. The zero-order chi connectivity index (χ0) is 14.4. The highest BCUT2D eigenvalue weighted by atomic mass is 19.4. The highest BCUT2D eigenvalue weighted by Gasteiger charge is 2.48. The van der Waals surface area contributed by atoms with Gasteiger partial charge in [0.15, 0.2) is 5.69 Å². The molecule has 1 aromatic rings. The van der Waals surface area contributed by atoms with Gasteiger partial charge < -0.3 is 5.32 Å². The van der Waals surface area contributed by atoms with E-state index in [1.54, 1.807) is 6.07 Å². The van der Waals surface area contributed by atoms with Crippen molar-refractivity contribution < 1.29 is 13.2 Å². The summed E-state index contributed by atoms with van der Waals surface area (Å²) in [5, 5.41) is 12.1. The molecule has 3 nitrogen and oxygen atoms in total. The molecule has 6 heteroatoms. The Hall–Kier alpha value is -1.61. The van der Waals surface area contributed by atoms with Crippen LogP contribution < -0.4 is 5.32 Å². The fraction of sp³-hybridized carbons (Fsp3) is 0.571. The molecule has 1 aliphatic carbocycles. The summed E-state index contributed by atoms with van der Waals surface area (Å²) < 4.78 is 37.9.